The standard InChI is InChI=1S/C22H28N2O5S2/c1-5-15-7-9-19-16(10-15)11-20(30-19)22(26)29-13-21(25)23-18-12-17(8-6-14(18)2)31(27,28)24(3)4/h6,8,11-12,15H,5,7,9-10,13H2,1-4H3,(H,23,25). The first kappa shape index (κ1) is 23.4. The fraction of sp³-hybridized carbons (Fsp3) is 0.455. The molecule has 1 heterocycles. The van der Waals surface area contributed by atoms with Crippen LogP contribution < -0.4 is 5.32 Å². The molecule has 0 saturated heterocycles. The first-order valence-corrected chi connectivity index (χ1v) is 12.5. The van der Waals surface area contributed by atoms with Crippen molar-refractivity contribution in [2.45, 2.75) is 44.4 Å². The molecular formula is C22H28N2O5S2. The van der Waals surface area contributed by atoms with Gasteiger partial charge in [0.1, 0.15) is 4.88 Å². The number of benzene rings is 1. The molecule has 1 aliphatic rings. The Hall–Kier alpha value is -2.23. The summed E-state index contributed by atoms with van der Waals surface area (Å²) in [5, 5.41) is 2.64. The van der Waals surface area contributed by atoms with Crippen LogP contribution in [0.5, 0.6) is 0 Å². The number of hydrogen-bond acceptors (Lipinski definition) is 6. The zero-order valence-corrected chi connectivity index (χ0v) is 19.9. The Kier molecular flexibility index (Phi) is 7.18. The van der Waals surface area contributed by atoms with E-state index in [4.69, 9.17) is 4.74 Å². The van der Waals surface area contributed by atoms with Gasteiger partial charge in [-0.2, -0.15) is 0 Å². The van der Waals surface area contributed by atoms with Crippen molar-refractivity contribution < 1.29 is 22.7 Å². The Bertz CT molecular complexity index is 1090. The van der Waals surface area contributed by atoms with Crippen LogP contribution in [0.3, 0.4) is 0 Å². The van der Waals surface area contributed by atoms with Crippen LogP contribution in [0.2, 0.25) is 0 Å². The number of carbonyl (C=O) groups excluding carboxylic acids is 2. The second-order valence-electron chi connectivity index (χ2n) is 7.96. The predicted molar refractivity (Wildman–Crippen MR) is 121 cm³/mol. The van der Waals surface area contributed by atoms with Gasteiger partial charge in [-0.25, -0.2) is 17.5 Å². The molecule has 3 rings (SSSR count). The van der Waals surface area contributed by atoms with E-state index in [1.807, 2.05) is 6.07 Å². The number of nitrogens with one attached hydrogen (secondary N) is 1. The molecule has 1 aromatic carbocycles. The lowest BCUT2D eigenvalue weighted by molar-refractivity contribution is -0.119. The number of aryl methyl sites for hydroxylation is 2. The van der Waals surface area contributed by atoms with E-state index in [0.29, 0.717) is 22.0 Å². The Morgan fingerprint density at radius 2 is 2.00 bits per heavy atom. The maximum absolute atomic E-state index is 12.4. The number of carbonyl (C=O) groups is 2. The third kappa shape index (κ3) is 5.34. The summed E-state index contributed by atoms with van der Waals surface area (Å²) >= 11 is 1.44. The van der Waals surface area contributed by atoms with E-state index in [2.05, 4.69) is 12.2 Å². The van der Waals surface area contributed by atoms with Crippen molar-refractivity contribution in [2.24, 2.45) is 5.92 Å². The van der Waals surface area contributed by atoms with Crippen molar-refractivity contribution in [3.05, 3.63) is 45.1 Å². The Morgan fingerprint density at radius 3 is 2.68 bits per heavy atom. The molecule has 1 atom stereocenters. The number of thiophene rings is 1. The Morgan fingerprint density at radius 1 is 1.26 bits per heavy atom. The number of sulfonamides is 1. The lowest BCUT2D eigenvalue weighted by Crippen LogP contribution is -2.23. The summed E-state index contributed by atoms with van der Waals surface area (Å²) in [7, 11) is -0.739. The highest BCUT2D eigenvalue weighted by Gasteiger charge is 2.23. The van der Waals surface area contributed by atoms with Crippen molar-refractivity contribution >= 4 is 38.9 Å². The molecule has 7 nitrogen and oxygen atoms in total. The van der Waals surface area contributed by atoms with E-state index in [0.717, 1.165) is 30.0 Å². The first-order chi connectivity index (χ1) is 14.6. The number of rotatable bonds is 7. The Labute approximate surface area is 187 Å². The SMILES string of the molecule is CCC1CCc2sc(C(=O)OCC(=O)Nc3cc(S(=O)(=O)N(C)C)ccc3C)cc2C1. The average molecular weight is 465 g/mol. The summed E-state index contributed by atoms with van der Waals surface area (Å²) in [6, 6.07) is 6.41. The van der Waals surface area contributed by atoms with Gasteiger partial charge in [0.25, 0.3) is 5.91 Å². The molecule has 0 fully saturated rings. The van der Waals surface area contributed by atoms with Crippen LogP contribution in [-0.4, -0.2) is 45.3 Å². The van der Waals surface area contributed by atoms with Crippen molar-refractivity contribution in [1.82, 2.24) is 4.31 Å². The number of amides is 1. The minimum absolute atomic E-state index is 0.0740. The molecule has 0 radical (unpaired) electrons. The fourth-order valence-electron chi connectivity index (χ4n) is 3.54. The zero-order valence-electron chi connectivity index (χ0n) is 18.2. The highest BCUT2D eigenvalue weighted by molar-refractivity contribution is 7.89. The molecule has 9 heteroatoms. The lowest BCUT2D eigenvalue weighted by Gasteiger charge is -2.19. The van der Waals surface area contributed by atoms with Gasteiger partial charge >= 0.3 is 5.97 Å². The van der Waals surface area contributed by atoms with Crippen molar-refractivity contribution in [1.29, 1.82) is 0 Å². The number of nitrogens with zero attached hydrogens (tertiary/aromatic N) is 1. The van der Waals surface area contributed by atoms with E-state index in [1.54, 1.807) is 13.0 Å². The zero-order chi connectivity index (χ0) is 22.8. The highest BCUT2D eigenvalue weighted by atomic mass is 32.2. The van der Waals surface area contributed by atoms with Crippen LogP contribution in [-0.2, 0) is 32.4 Å². The summed E-state index contributed by atoms with van der Waals surface area (Å²) in [5.74, 6) is -0.376. The fourth-order valence-corrected chi connectivity index (χ4v) is 5.57. The third-order valence-electron chi connectivity index (χ3n) is 5.56. The topological polar surface area (TPSA) is 92.8 Å². The second kappa shape index (κ2) is 9.50. The highest BCUT2D eigenvalue weighted by Crippen LogP contribution is 2.33. The number of anilines is 1. The molecule has 0 saturated carbocycles. The van der Waals surface area contributed by atoms with E-state index >= 15 is 0 Å². The molecular weight excluding hydrogens is 436 g/mol. The summed E-state index contributed by atoms with van der Waals surface area (Å²) < 4.78 is 30.9. The number of esters is 1. The lowest BCUT2D eigenvalue weighted by atomic mass is 9.87. The molecule has 1 unspecified atom stereocenters. The van der Waals surface area contributed by atoms with Gasteiger partial charge in [-0.15, -0.1) is 11.3 Å². The van der Waals surface area contributed by atoms with Crippen molar-refractivity contribution in [2.75, 3.05) is 26.0 Å². The number of hydrogen-bond donors (Lipinski definition) is 1. The van der Waals surface area contributed by atoms with Crippen LogP contribution in [0.1, 0.15) is 45.4 Å². The average Bonchev–Trinajstić information content (AvgIpc) is 3.16. The molecule has 0 aliphatic heterocycles. The number of ether oxygens (including phenoxy) is 1. The van der Waals surface area contributed by atoms with Crippen molar-refractivity contribution in [3.63, 3.8) is 0 Å². The van der Waals surface area contributed by atoms with Gasteiger partial charge < -0.3 is 10.1 Å². The van der Waals surface area contributed by atoms with Gasteiger partial charge in [-0.3, -0.25) is 4.79 Å². The number of fused-ring (bicyclic) bond motifs is 1. The molecule has 1 aliphatic carbocycles. The van der Waals surface area contributed by atoms with Crippen LogP contribution in [0, 0.1) is 12.8 Å². The van der Waals surface area contributed by atoms with Gasteiger partial charge in [0.15, 0.2) is 6.61 Å². The van der Waals surface area contributed by atoms with Crippen LogP contribution in [0.4, 0.5) is 5.69 Å². The largest absolute Gasteiger partial charge is 0.451 e. The summed E-state index contributed by atoms with van der Waals surface area (Å²) in [6.45, 7) is 3.50. The first-order valence-electron chi connectivity index (χ1n) is 10.2. The van der Waals surface area contributed by atoms with Gasteiger partial charge in [-0.05, 0) is 61.4 Å². The van der Waals surface area contributed by atoms with Crippen LogP contribution in [0.25, 0.3) is 0 Å². The van der Waals surface area contributed by atoms with E-state index in [-0.39, 0.29) is 4.90 Å². The minimum Gasteiger partial charge on any atom is -0.451 e. The minimum atomic E-state index is -3.62. The van der Waals surface area contributed by atoms with E-state index in [1.165, 1.54) is 48.0 Å². The van der Waals surface area contributed by atoms with Crippen LogP contribution >= 0.6 is 11.3 Å². The molecule has 0 bridgehead atoms. The maximum atomic E-state index is 12.4. The predicted octanol–water partition coefficient (Wildman–Crippen LogP) is 3.62. The summed E-state index contributed by atoms with van der Waals surface area (Å²) in [4.78, 5) is 26.6. The van der Waals surface area contributed by atoms with Gasteiger partial charge in [0.05, 0.1) is 4.90 Å². The van der Waals surface area contributed by atoms with Gasteiger partial charge in [-0.1, -0.05) is 19.4 Å². The van der Waals surface area contributed by atoms with Crippen molar-refractivity contribution in [3.8, 4) is 0 Å². The summed E-state index contributed by atoms with van der Waals surface area (Å²) in [5.41, 5.74) is 2.28. The van der Waals surface area contributed by atoms with Crippen LogP contribution in [0.15, 0.2) is 29.2 Å². The van der Waals surface area contributed by atoms with E-state index in [9.17, 15) is 18.0 Å². The molecule has 1 aromatic heterocycles. The quantitative estimate of drug-likeness (QED) is 0.632. The second-order valence-corrected chi connectivity index (χ2v) is 11.3. The Balaban J connectivity index is 1.62. The third-order valence-corrected chi connectivity index (χ3v) is 8.59. The molecule has 0 spiro atoms. The summed E-state index contributed by atoms with van der Waals surface area (Å²) in [6.07, 6.45) is 4.24. The molecule has 31 heavy (non-hydrogen) atoms. The molecule has 1 amide bonds. The normalized spacial score (nSPS) is 16.1. The van der Waals surface area contributed by atoms with Gasteiger partial charge in [0.2, 0.25) is 10.0 Å². The maximum Gasteiger partial charge on any atom is 0.348 e. The molecule has 1 N–H and O–H groups in total. The smallest absolute Gasteiger partial charge is 0.348 e. The van der Waals surface area contributed by atoms with E-state index < -0.39 is 28.5 Å². The molecule has 168 valence electrons. The monoisotopic (exact) mass is 464 g/mol. The molecule has 2 aromatic rings. The van der Waals surface area contributed by atoms with Gasteiger partial charge in [0, 0.05) is 24.7 Å².